The van der Waals surface area contributed by atoms with E-state index in [2.05, 4.69) is 15.2 Å². The van der Waals surface area contributed by atoms with Crippen molar-refractivity contribution >= 4 is 6.03 Å². The van der Waals surface area contributed by atoms with Crippen molar-refractivity contribution in [3.8, 4) is 0 Å². The van der Waals surface area contributed by atoms with E-state index in [0.717, 1.165) is 38.4 Å². The van der Waals surface area contributed by atoms with Gasteiger partial charge in [-0.25, -0.2) is 4.79 Å². The van der Waals surface area contributed by atoms with Crippen molar-refractivity contribution in [2.75, 3.05) is 45.9 Å². The van der Waals surface area contributed by atoms with Gasteiger partial charge in [-0.1, -0.05) is 0 Å². The number of ether oxygens (including phenoxy) is 1. The molecule has 0 radical (unpaired) electrons. The van der Waals surface area contributed by atoms with E-state index in [4.69, 9.17) is 4.74 Å². The summed E-state index contributed by atoms with van der Waals surface area (Å²) in [5, 5.41) is 2.99. The van der Waals surface area contributed by atoms with Crippen molar-refractivity contribution in [1.29, 1.82) is 0 Å². The van der Waals surface area contributed by atoms with Gasteiger partial charge in [0, 0.05) is 51.7 Å². The Balaban J connectivity index is 1.72. The third kappa shape index (κ3) is 5.32. The zero-order chi connectivity index (χ0) is 14.9. The molecule has 1 aromatic heterocycles. The highest BCUT2D eigenvalue weighted by molar-refractivity contribution is 5.74. The van der Waals surface area contributed by atoms with Crippen LogP contribution in [-0.4, -0.2) is 66.8 Å². The molecule has 1 aliphatic rings. The molecule has 1 saturated heterocycles. The van der Waals surface area contributed by atoms with Gasteiger partial charge in [0.05, 0.1) is 13.2 Å². The summed E-state index contributed by atoms with van der Waals surface area (Å²) in [4.78, 5) is 20.3. The van der Waals surface area contributed by atoms with E-state index in [0.29, 0.717) is 19.6 Å². The monoisotopic (exact) mass is 292 g/mol. The van der Waals surface area contributed by atoms with Gasteiger partial charge in [0.15, 0.2) is 0 Å². The van der Waals surface area contributed by atoms with Gasteiger partial charge < -0.3 is 15.0 Å². The SMILES string of the molecule is CCN(Cc1ccncc1)C(=O)NCCN1CCOCC1. The fourth-order valence-corrected chi connectivity index (χ4v) is 2.29. The Morgan fingerprint density at radius 2 is 2.10 bits per heavy atom. The van der Waals surface area contributed by atoms with E-state index in [-0.39, 0.29) is 6.03 Å². The fourth-order valence-electron chi connectivity index (χ4n) is 2.29. The number of amides is 2. The molecule has 0 aliphatic carbocycles. The summed E-state index contributed by atoms with van der Waals surface area (Å²) < 4.78 is 5.31. The smallest absolute Gasteiger partial charge is 0.317 e. The predicted octanol–water partition coefficient (Wildman–Crippen LogP) is 0.945. The van der Waals surface area contributed by atoms with Crippen molar-refractivity contribution < 1.29 is 9.53 Å². The fraction of sp³-hybridized carbons (Fsp3) is 0.600. The third-order valence-electron chi connectivity index (χ3n) is 3.60. The molecule has 0 bridgehead atoms. The average molecular weight is 292 g/mol. The molecule has 2 amide bonds. The van der Waals surface area contributed by atoms with E-state index >= 15 is 0 Å². The van der Waals surface area contributed by atoms with Crippen molar-refractivity contribution in [3.05, 3.63) is 30.1 Å². The standard InChI is InChI=1S/C15H24N4O2/c1-2-19(13-14-3-5-16-6-4-14)15(20)17-7-8-18-9-11-21-12-10-18/h3-6H,2,7-13H2,1H3,(H,17,20). The molecule has 0 saturated carbocycles. The summed E-state index contributed by atoms with van der Waals surface area (Å²) in [5.41, 5.74) is 1.09. The number of pyridine rings is 1. The van der Waals surface area contributed by atoms with E-state index in [1.54, 1.807) is 17.3 Å². The van der Waals surface area contributed by atoms with Crippen LogP contribution >= 0.6 is 0 Å². The van der Waals surface area contributed by atoms with Crippen LogP contribution in [0.3, 0.4) is 0 Å². The van der Waals surface area contributed by atoms with Crippen LogP contribution in [0.1, 0.15) is 12.5 Å². The Bertz CT molecular complexity index is 421. The zero-order valence-corrected chi connectivity index (χ0v) is 12.6. The van der Waals surface area contributed by atoms with Gasteiger partial charge in [0.1, 0.15) is 0 Å². The molecule has 0 aromatic carbocycles. The van der Waals surface area contributed by atoms with Crippen molar-refractivity contribution in [1.82, 2.24) is 20.1 Å². The number of carbonyl (C=O) groups is 1. The Labute approximate surface area is 126 Å². The normalized spacial score (nSPS) is 15.7. The molecule has 21 heavy (non-hydrogen) atoms. The summed E-state index contributed by atoms with van der Waals surface area (Å²) in [6.45, 7) is 8.31. The maximum atomic E-state index is 12.2. The van der Waals surface area contributed by atoms with Crippen LogP contribution in [0.2, 0.25) is 0 Å². The first-order valence-corrected chi connectivity index (χ1v) is 7.51. The second-order valence-corrected chi connectivity index (χ2v) is 5.06. The number of nitrogens with one attached hydrogen (secondary N) is 1. The number of aromatic nitrogens is 1. The lowest BCUT2D eigenvalue weighted by molar-refractivity contribution is 0.0386. The van der Waals surface area contributed by atoms with Crippen LogP contribution in [-0.2, 0) is 11.3 Å². The van der Waals surface area contributed by atoms with Crippen LogP contribution < -0.4 is 5.32 Å². The predicted molar refractivity (Wildman–Crippen MR) is 81.0 cm³/mol. The minimum absolute atomic E-state index is 0.0115. The molecular formula is C15H24N4O2. The Morgan fingerprint density at radius 1 is 1.38 bits per heavy atom. The van der Waals surface area contributed by atoms with Crippen LogP contribution in [0.25, 0.3) is 0 Å². The molecule has 1 aromatic rings. The number of carbonyl (C=O) groups excluding carboxylic acids is 1. The Morgan fingerprint density at radius 3 is 2.76 bits per heavy atom. The molecule has 0 unspecified atom stereocenters. The number of hydrogen-bond acceptors (Lipinski definition) is 4. The van der Waals surface area contributed by atoms with E-state index in [9.17, 15) is 4.79 Å². The summed E-state index contributed by atoms with van der Waals surface area (Å²) >= 11 is 0. The minimum Gasteiger partial charge on any atom is -0.379 e. The van der Waals surface area contributed by atoms with Crippen molar-refractivity contribution in [3.63, 3.8) is 0 Å². The third-order valence-corrected chi connectivity index (χ3v) is 3.60. The first kappa shape index (κ1) is 15.7. The summed E-state index contributed by atoms with van der Waals surface area (Å²) in [5.74, 6) is 0. The van der Waals surface area contributed by atoms with Gasteiger partial charge in [0.2, 0.25) is 0 Å². The molecule has 2 rings (SSSR count). The number of nitrogens with zero attached hydrogens (tertiary/aromatic N) is 3. The molecule has 116 valence electrons. The van der Waals surface area contributed by atoms with Crippen molar-refractivity contribution in [2.45, 2.75) is 13.5 Å². The van der Waals surface area contributed by atoms with Gasteiger partial charge in [0.25, 0.3) is 0 Å². The maximum absolute atomic E-state index is 12.2. The lowest BCUT2D eigenvalue weighted by Crippen LogP contribution is -2.45. The number of morpholine rings is 1. The van der Waals surface area contributed by atoms with Crippen LogP contribution in [0.15, 0.2) is 24.5 Å². The summed E-state index contributed by atoms with van der Waals surface area (Å²) in [7, 11) is 0. The molecule has 1 fully saturated rings. The molecule has 2 heterocycles. The Hall–Kier alpha value is -1.66. The van der Waals surface area contributed by atoms with Crippen LogP contribution in [0, 0.1) is 0 Å². The molecule has 0 atom stereocenters. The first-order chi connectivity index (χ1) is 10.3. The quantitative estimate of drug-likeness (QED) is 0.848. The van der Waals surface area contributed by atoms with Gasteiger partial charge in [-0.05, 0) is 24.6 Å². The highest BCUT2D eigenvalue weighted by Gasteiger charge is 2.13. The number of urea groups is 1. The second-order valence-electron chi connectivity index (χ2n) is 5.06. The first-order valence-electron chi connectivity index (χ1n) is 7.51. The molecule has 6 heteroatoms. The summed E-state index contributed by atoms with van der Waals surface area (Å²) in [6.07, 6.45) is 3.50. The van der Waals surface area contributed by atoms with Crippen LogP contribution in [0.5, 0.6) is 0 Å². The van der Waals surface area contributed by atoms with Gasteiger partial charge in [-0.3, -0.25) is 9.88 Å². The number of rotatable bonds is 6. The summed E-state index contributed by atoms with van der Waals surface area (Å²) in [6, 6.07) is 3.86. The van der Waals surface area contributed by atoms with Crippen molar-refractivity contribution in [2.24, 2.45) is 0 Å². The van der Waals surface area contributed by atoms with E-state index in [1.807, 2.05) is 19.1 Å². The van der Waals surface area contributed by atoms with Gasteiger partial charge in [-0.2, -0.15) is 0 Å². The lowest BCUT2D eigenvalue weighted by atomic mass is 10.2. The maximum Gasteiger partial charge on any atom is 0.317 e. The zero-order valence-electron chi connectivity index (χ0n) is 12.6. The highest BCUT2D eigenvalue weighted by atomic mass is 16.5. The van der Waals surface area contributed by atoms with E-state index < -0.39 is 0 Å². The topological polar surface area (TPSA) is 57.7 Å². The Kier molecular flexibility index (Phi) is 6.43. The lowest BCUT2D eigenvalue weighted by Gasteiger charge is -2.27. The molecule has 0 spiro atoms. The second kappa shape index (κ2) is 8.59. The van der Waals surface area contributed by atoms with Gasteiger partial charge >= 0.3 is 6.03 Å². The molecule has 1 N–H and O–H groups in total. The minimum atomic E-state index is -0.0115. The largest absolute Gasteiger partial charge is 0.379 e. The number of hydrogen-bond donors (Lipinski definition) is 1. The molecular weight excluding hydrogens is 268 g/mol. The highest BCUT2D eigenvalue weighted by Crippen LogP contribution is 2.03. The van der Waals surface area contributed by atoms with Gasteiger partial charge in [-0.15, -0.1) is 0 Å². The molecule has 6 nitrogen and oxygen atoms in total. The van der Waals surface area contributed by atoms with E-state index in [1.165, 1.54) is 0 Å². The molecule has 1 aliphatic heterocycles. The average Bonchev–Trinajstić information content (AvgIpc) is 2.54. The van der Waals surface area contributed by atoms with Crippen LogP contribution in [0.4, 0.5) is 4.79 Å².